The first-order valence-corrected chi connectivity index (χ1v) is 7.74. The number of hydrogen-bond acceptors (Lipinski definition) is 3. The molecule has 1 saturated heterocycles. The van der Waals surface area contributed by atoms with Crippen LogP contribution in [0.1, 0.15) is 43.7 Å². The van der Waals surface area contributed by atoms with Gasteiger partial charge in [0.1, 0.15) is 6.07 Å². The summed E-state index contributed by atoms with van der Waals surface area (Å²) < 4.78 is 0. The lowest BCUT2D eigenvalue weighted by Gasteiger charge is -2.33. The van der Waals surface area contributed by atoms with E-state index in [1.165, 1.54) is 24.8 Å². The molecule has 1 aliphatic heterocycles. The summed E-state index contributed by atoms with van der Waals surface area (Å²) in [6.45, 7) is 7.45. The monoisotopic (exact) mass is 271 g/mol. The van der Waals surface area contributed by atoms with Crippen molar-refractivity contribution >= 4 is 5.69 Å². The Morgan fingerprint density at radius 3 is 2.90 bits per heavy atom. The van der Waals surface area contributed by atoms with Crippen molar-refractivity contribution in [2.24, 2.45) is 0 Å². The van der Waals surface area contributed by atoms with E-state index in [0.717, 1.165) is 37.3 Å². The van der Waals surface area contributed by atoms with Crippen LogP contribution in [0, 0.1) is 18.3 Å². The van der Waals surface area contributed by atoms with Crippen LogP contribution in [-0.2, 0) is 0 Å². The lowest BCUT2D eigenvalue weighted by Crippen LogP contribution is -2.44. The van der Waals surface area contributed by atoms with Crippen molar-refractivity contribution in [1.82, 2.24) is 5.32 Å². The minimum absolute atomic E-state index is 0.557. The van der Waals surface area contributed by atoms with Crippen molar-refractivity contribution in [3.05, 3.63) is 29.3 Å². The first-order valence-electron chi connectivity index (χ1n) is 7.74. The Morgan fingerprint density at radius 2 is 2.25 bits per heavy atom. The van der Waals surface area contributed by atoms with E-state index in [9.17, 15) is 5.26 Å². The lowest BCUT2D eigenvalue weighted by molar-refractivity contribution is 0.399. The molecule has 1 heterocycles. The summed E-state index contributed by atoms with van der Waals surface area (Å²) in [6.07, 6.45) is 4.95. The second-order valence-corrected chi connectivity index (χ2v) is 5.68. The van der Waals surface area contributed by atoms with E-state index in [0.29, 0.717) is 6.04 Å². The second-order valence-electron chi connectivity index (χ2n) is 5.68. The van der Waals surface area contributed by atoms with Crippen LogP contribution in [0.5, 0.6) is 0 Å². The maximum Gasteiger partial charge on any atom is 0.101 e. The molecule has 3 heteroatoms. The van der Waals surface area contributed by atoms with Gasteiger partial charge in [-0.25, -0.2) is 0 Å². The fourth-order valence-electron chi connectivity index (χ4n) is 3.08. The molecule has 108 valence electrons. The third-order valence-corrected chi connectivity index (χ3v) is 4.02. The van der Waals surface area contributed by atoms with E-state index in [1.54, 1.807) is 0 Å². The Bertz CT molecular complexity index is 470. The molecule has 0 amide bonds. The molecule has 1 unspecified atom stereocenters. The zero-order valence-corrected chi connectivity index (χ0v) is 12.7. The first kappa shape index (κ1) is 14.9. The maximum absolute atomic E-state index is 9.37. The third-order valence-electron chi connectivity index (χ3n) is 4.02. The summed E-state index contributed by atoms with van der Waals surface area (Å²) in [5.74, 6) is 0. The van der Waals surface area contributed by atoms with Crippen LogP contribution in [0.3, 0.4) is 0 Å². The number of piperidine rings is 1. The zero-order valence-electron chi connectivity index (χ0n) is 12.7. The number of aryl methyl sites for hydroxylation is 1. The third kappa shape index (κ3) is 3.52. The maximum atomic E-state index is 9.37. The van der Waals surface area contributed by atoms with Gasteiger partial charge in [0, 0.05) is 19.1 Å². The van der Waals surface area contributed by atoms with Gasteiger partial charge in [-0.05, 0) is 44.4 Å². The van der Waals surface area contributed by atoms with Crippen LogP contribution in [0.25, 0.3) is 0 Å². The molecule has 1 aliphatic rings. The normalized spacial score (nSPS) is 18.6. The molecule has 1 aromatic rings. The molecule has 0 saturated carbocycles. The summed E-state index contributed by atoms with van der Waals surface area (Å²) in [5, 5.41) is 13.0. The van der Waals surface area contributed by atoms with Crippen molar-refractivity contribution in [3.63, 3.8) is 0 Å². The molecule has 3 nitrogen and oxygen atoms in total. The Morgan fingerprint density at radius 1 is 1.40 bits per heavy atom. The van der Waals surface area contributed by atoms with Crippen LogP contribution >= 0.6 is 0 Å². The highest BCUT2D eigenvalue weighted by Crippen LogP contribution is 2.26. The molecule has 0 aliphatic carbocycles. The highest BCUT2D eigenvalue weighted by Gasteiger charge is 2.19. The number of rotatable bonds is 5. The molecular weight excluding hydrogens is 246 g/mol. The SMILES string of the molecule is CCCN(CC1CCCCN1)c1c(C)cccc1C#N. The number of para-hydroxylation sites is 1. The van der Waals surface area contributed by atoms with Crippen molar-refractivity contribution in [3.8, 4) is 6.07 Å². The molecule has 20 heavy (non-hydrogen) atoms. The summed E-state index contributed by atoms with van der Waals surface area (Å²) in [7, 11) is 0. The average Bonchev–Trinajstić information content (AvgIpc) is 2.47. The highest BCUT2D eigenvalue weighted by molar-refractivity contribution is 5.64. The highest BCUT2D eigenvalue weighted by atomic mass is 15.2. The lowest BCUT2D eigenvalue weighted by atomic mass is 10.0. The van der Waals surface area contributed by atoms with E-state index >= 15 is 0 Å². The minimum Gasteiger partial charge on any atom is -0.369 e. The molecular formula is C17H25N3. The van der Waals surface area contributed by atoms with Gasteiger partial charge in [0.25, 0.3) is 0 Å². The van der Waals surface area contributed by atoms with Gasteiger partial charge in [-0.1, -0.05) is 25.5 Å². The van der Waals surface area contributed by atoms with E-state index < -0.39 is 0 Å². The topological polar surface area (TPSA) is 39.1 Å². The number of nitrogens with one attached hydrogen (secondary N) is 1. The molecule has 2 rings (SSSR count). The van der Waals surface area contributed by atoms with Gasteiger partial charge in [-0.2, -0.15) is 5.26 Å². The number of nitriles is 1. The molecule has 0 spiro atoms. The Balaban J connectivity index is 2.21. The van der Waals surface area contributed by atoms with Crippen LogP contribution in [0.15, 0.2) is 18.2 Å². The van der Waals surface area contributed by atoms with Crippen LogP contribution in [-0.4, -0.2) is 25.7 Å². The van der Waals surface area contributed by atoms with Crippen molar-refractivity contribution in [1.29, 1.82) is 5.26 Å². The van der Waals surface area contributed by atoms with E-state index in [1.807, 2.05) is 12.1 Å². The van der Waals surface area contributed by atoms with Gasteiger partial charge >= 0.3 is 0 Å². The van der Waals surface area contributed by atoms with E-state index in [2.05, 4.69) is 36.2 Å². The molecule has 0 bridgehead atoms. The largest absolute Gasteiger partial charge is 0.369 e. The molecule has 1 aromatic carbocycles. The van der Waals surface area contributed by atoms with Gasteiger partial charge in [0.2, 0.25) is 0 Å². The smallest absolute Gasteiger partial charge is 0.101 e. The van der Waals surface area contributed by atoms with Gasteiger partial charge in [-0.3, -0.25) is 0 Å². The second kappa shape index (κ2) is 7.31. The summed E-state index contributed by atoms with van der Waals surface area (Å²) >= 11 is 0. The van der Waals surface area contributed by atoms with E-state index in [4.69, 9.17) is 0 Å². The fourth-order valence-corrected chi connectivity index (χ4v) is 3.08. The van der Waals surface area contributed by atoms with Crippen LogP contribution in [0.2, 0.25) is 0 Å². The van der Waals surface area contributed by atoms with Crippen molar-refractivity contribution in [2.45, 2.75) is 45.6 Å². The number of benzene rings is 1. The molecule has 1 atom stereocenters. The molecule has 0 radical (unpaired) electrons. The number of hydrogen-bond donors (Lipinski definition) is 1. The zero-order chi connectivity index (χ0) is 14.4. The van der Waals surface area contributed by atoms with Crippen LogP contribution < -0.4 is 10.2 Å². The van der Waals surface area contributed by atoms with Gasteiger partial charge in [-0.15, -0.1) is 0 Å². The van der Waals surface area contributed by atoms with Crippen molar-refractivity contribution < 1.29 is 0 Å². The minimum atomic E-state index is 0.557. The quantitative estimate of drug-likeness (QED) is 0.893. The number of nitrogens with zero attached hydrogens (tertiary/aromatic N) is 2. The predicted octanol–water partition coefficient (Wildman–Crippen LogP) is 3.23. The number of anilines is 1. The Kier molecular flexibility index (Phi) is 5.43. The average molecular weight is 271 g/mol. The molecule has 0 aromatic heterocycles. The van der Waals surface area contributed by atoms with Gasteiger partial charge in [0.15, 0.2) is 0 Å². The van der Waals surface area contributed by atoms with Crippen molar-refractivity contribution in [2.75, 3.05) is 24.5 Å². The van der Waals surface area contributed by atoms with E-state index in [-0.39, 0.29) is 0 Å². The Labute approximate surface area is 122 Å². The van der Waals surface area contributed by atoms with Gasteiger partial charge < -0.3 is 10.2 Å². The summed E-state index contributed by atoms with van der Waals surface area (Å²) in [6, 6.07) is 8.91. The first-order chi connectivity index (χ1) is 9.76. The molecule has 1 N–H and O–H groups in total. The van der Waals surface area contributed by atoms with Crippen LogP contribution in [0.4, 0.5) is 5.69 Å². The summed E-state index contributed by atoms with van der Waals surface area (Å²) in [5.41, 5.74) is 3.13. The Hall–Kier alpha value is -1.53. The van der Waals surface area contributed by atoms with Gasteiger partial charge in [0.05, 0.1) is 11.3 Å². The summed E-state index contributed by atoms with van der Waals surface area (Å²) in [4.78, 5) is 2.40. The standard InChI is InChI=1S/C17H25N3/c1-3-11-20(13-16-9-4-5-10-19-16)17-14(2)7-6-8-15(17)12-18/h6-8,16,19H,3-5,9-11,13H2,1-2H3. The molecule has 1 fully saturated rings. The fraction of sp³-hybridized carbons (Fsp3) is 0.588. The predicted molar refractivity (Wildman–Crippen MR) is 84.0 cm³/mol.